The summed E-state index contributed by atoms with van der Waals surface area (Å²) in [6.45, 7) is 4.54. The standard InChI is InChI=1S/C19H21N5O/c1-12(2)24-18-16(11-22-24)15(9-17(23-18)13-6-7-13)19(25)21-10-14-5-3-4-8-20-14/h3-5,8-9,11-13H,6-7,10H2,1-2H3,(H,21,25). The third kappa shape index (κ3) is 3.12. The maximum absolute atomic E-state index is 12.8. The number of nitrogens with one attached hydrogen (secondary N) is 1. The number of pyridine rings is 2. The highest BCUT2D eigenvalue weighted by Crippen LogP contribution is 2.40. The van der Waals surface area contributed by atoms with Crippen LogP contribution in [0, 0.1) is 0 Å². The van der Waals surface area contributed by atoms with Gasteiger partial charge in [-0.05, 0) is 44.9 Å². The monoisotopic (exact) mass is 335 g/mol. The topological polar surface area (TPSA) is 72.7 Å². The normalized spacial score (nSPS) is 14.2. The van der Waals surface area contributed by atoms with E-state index in [0.29, 0.717) is 18.0 Å². The van der Waals surface area contributed by atoms with Crippen molar-refractivity contribution in [2.24, 2.45) is 0 Å². The molecule has 25 heavy (non-hydrogen) atoms. The van der Waals surface area contributed by atoms with Gasteiger partial charge in [-0.15, -0.1) is 0 Å². The van der Waals surface area contributed by atoms with Crippen LogP contribution in [0.2, 0.25) is 0 Å². The van der Waals surface area contributed by atoms with Crippen LogP contribution in [0.25, 0.3) is 11.0 Å². The van der Waals surface area contributed by atoms with E-state index in [9.17, 15) is 4.79 Å². The van der Waals surface area contributed by atoms with Crippen LogP contribution in [0.1, 0.15) is 60.4 Å². The Hall–Kier alpha value is -2.76. The fourth-order valence-electron chi connectivity index (χ4n) is 2.96. The highest BCUT2D eigenvalue weighted by Gasteiger charge is 2.28. The van der Waals surface area contributed by atoms with Crippen molar-refractivity contribution in [2.75, 3.05) is 0 Å². The molecule has 0 atom stereocenters. The highest BCUT2D eigenvalue weighted by molar-refractivity contribution is 6.05. The highest BCUT2D eigenvalue weighted by atomic mass is 16.1. The Morgan fingerprint density at radius 2 is 2.20 bits per heavy atom. The van der Waals surface area contributed by atoms with Gasteiger partial charge in [0.25, 0.3) is 5.91 Å². The molecule has 6 nitrogen and oxygen atoms in total. The molecule has 6 heteroatoms. The first-order valence-electron chi connectivity index (χ1n) is 8.69. The summed E-state index contributed by atoms with van der Waals surface area (Å²) < 4.78 is 1.89. The molecule has 0 saturated heterocycles. The molecular formula is C19H21N5O. The summed E-state index contributed by atoms with van der Waals surface area (Å²) in [4.78, 5) is 21.8. The Labute approximate surface area is 146 Å². The molecule has 0 aliphatic heterocycles. The van der Waals surface area contributed by atoms with Crippen LogP contribution in [0.5, 0.6) is 0 Å². The number of rotatable bonds is 5. The van der Waals surface area contributed by atoms with Crippen LogP contribution in [0.4, 0.5) is 0 Å². The summed E-state index contributed by atoms with van der Waals surface area (Å²) >= 11 is 0. The molecule has 1 aliphatic rings. The van der Waals surface area contributed by atoms with Gasteiger partial charge in [0.1, 0.15) is 0 Å². The Bertz CT molecular complexity index is 912. The minimum absolute atomic E-state index is 0.108. The zero-order chi connectivity index (χ0) is 17.4. The van der Waals surface area contributed by atoms with Crippen LogP contribution in [-0.2, 0) is 6.54 Å². The van der Waals surface area contributed by atoms with E-state index in [1.54, 1.807) is 12.4 Å². The van der Waals surface area contributed by atoms with E-state index in [0.717, 1.165) is 35.3 Å². The summed E-state index contributed by atoms with van der Waals surface area (Å²) in [5, 5.41) is 8.21. The maximum atomic E-state index is 12.8. The average molecular weight is 335 g/mol. The number of hydrogen-bond donors (Lipinski definition) is 1. The van der Waals surface area contributed by atoms with Crippen molar-refractivity contribution in [3.63, 3.8) is 0 Å². The van der Waals surface area contributed by atoms with E-state index in [1.807, 2.05) is 28.9 Å². The number of hydrogen-bond acceptors (Lipinski definition) is 4. The van der Waals surface area contributed by atoms with E-state index in [-0.39, 0.29) is 11.9 Å². The van der Waals surface area contributed by atoms with Crippen molar-refractivity contribution in [3.8, 4) is 0 Å². The van der Waals surface area contributed by atoms with Gasteiger partial charge < -0.3 is 5.32 Å². The summed E-state index contributed by atoms with van der Waals surface area (Å²) in [5.74, 6) is 0.366. The molecule has 1 saturated carbocycles. The maximum Gasteiger partial charge on any atom is 0.252 e. The van der Waals surface area contributed by atoms with Crippen LogP contribution >= 0.6 is 0 Å². The Morgan fingerprint density at radius 1 is 1.36 bits per heavy atom. The van der Waals surface area contributed by atoms with Crippen molar-refractivity contribution in [3.05, 3.63) is 53.6 Å². The number of carbonyl (C=O) groups excluding carboxylic acids is 1. The zero-order valence-corrected chi connectivity index (χ0v) is 14.4. The number of nitrogens with zero attached hydrogens (tertiary/aromatic N) is 4. The van der Waals surface area contributed by atoms with Crippen molar-refractivity contribution in [2.45, 2.75) is 45.2 Å². The van der Waals surface area contributed by atoms with Crippen LogP contribution in [-0.4, -0.2) is 25.7 Å². The van der Waals surface area contributed by atoms with Gasteiger partial charge in [0, 0.05) is 23.9 Å². The Balaban J connectivity index is 1.68. The molecule has 128 valence electrons. The van der Waals surface area contributed by atoms with Crippen molar-refractivity contribution < 1.29 is 4.79 Å². The molecule has 0 unspecified atom stereocenters. The van der Waals surface area contributed by atoms with Gasteiger partial charge in [-0.3, -0.25) is 9.78 Å². The van der Waals surface area contributed by atoms with E-state index in [2.05, 4.69) is 29.2 Å². The molecule has 3 aromatic heterocycles. The molecule has 1 amide bonds. The van der Waals surface area contributed by atoms with Gasteiger partial charge >= 0.3 is 0 Å². The van der Waals surface area contributed by atoms with E-state index in [4.69, 9.17) is 4.98 Å². The minimum atomic E-state index is -0.108. The van der Waals surface area contributed by atoms with E-state index >= 15 is 0 Å². The van der Waals surface area contributed by atoms with Crippen LogP contribution in [0.15, 0.2) is 36.7 Å². The first kappa shape index (κ1) is 15.7. The van der Waals surface area contributed by atoms with Gasteiger partial charge in [0.05, 0.1) is 29.4 Å². The second-order valence-electron chi connectivity index (χ2n) is 6.79. The summed E-state index contributed by atoms with van der Waals surface area (Å²) in [6.07, 6.45) is 5.76. The molecule has 4 rings (SSSR count). The number of aromatic nitrogens is 4. The molecule has 3 heterocycles. The fraction of sp³-hybridized carbons (Fsp3) is 0.368. The lowest BCUT2D eigenvalue weighted by molar-refractivity contribution is 0.0952. The van der Waals surface area contributed by atoms with E-state index in [1.165, 1.54) is 0 Å². The van der Waals surface area contributed by atoms with E-state index < -0.39 is 0 Å². The lowest BCUT2D eigenvalue weighted by atomic mass is 10.1. The van der Waals surface area contributed by atoms with Crippen molar-refractivity contribution in [1.82, 2.24) is 25.1 Å². The predicted octanol–water partition coefficient (Wildman–Crippen LogP) is 3.21. The molecule has 0 radical (unpaired) electrons. The lowest BCUT2D eigenvalue weighted by Crippen LogP contribution is -2.24. The van der Waals surface area contributed by atoms with Gasteiger partial charge in [0.15, 0.2) is 5.65 Å². The molecule has 0 aromatic carbocycles. The third-order valence-electron chi connectivity index (χ3n) is 4.47. The summed E-state index contributed by atoms with van der Waals surface area (Å²) in [5.41, 5.74) is 3.27. The molecule has 1 aliphatic carbocycles. The second kappa shape index (κ2) is 6.27. The summed E-state index contributed by atoms with van der Waals surface area (Å²) in [7, 11) is 0. The molecule has 0 spiro atoms. The number of carbonyl (C=O) groups is 1. The lowest BCUT2D eigenvalue weighted by Gasteiger charge is -2.10. The van der Waals surface area contributed by atoms with Gasteiger partial charge in [0.2, 0.25) is 0 Å². The van der Waals surface area contributed by atoms with Crippen LogP contribution in [0.3, 0.4) is 0 Å². The molecular weight excluding hydrogens is 314 g/mol. The smallest absolute Gasteiger partial charge is 0.252 e. The molecule has 3 aromatic rings. The fourth-order valence-corrected chi connectivity index (χ4v) is 2.96. The van der Waals surface area contributed by atoms with Gasteiger partial charge in [-0.1, -0.05) is 6.07 Å². The first-order valence-corrected chi connectivity index (χ1v) is 8.69. The number of fused-ring (bicyclic) bond motifs is 1. The van der Waals surface area contributed by atoms with Gasteiger partial charge in [-0.2, -0.15) is 5.10 Å². The first-order chi connectivity index (χ1) is 12.1. The molecule has 0 bridgehead atoms. The Morgan fingerprint density at radius 3 is 2.88 bits per heavy atom. The average Bonchev–Trinajstić information content (AvgIpc) is 3.38. The van der Waals surface area contributed by atoms with Crippen LogP contribution < -0.4 is 5.32 Å². The third-order valence-corrected chi connectivity index (χ3v) is 4.47. The molecule has 1 fully saturated rings. The second-order valence-corrected chi connectivity index (χ2v) is 6.79. The quantitative estimate of drug-likeness (QED) is 0.777. The SMILES string of the molecule is CC(C)n1ncc2c(C(=O)NCc3ccccn3)cc(C3CC3)nc21. The summed E-state index contributed by atoms with van der Waals surface area (Å²) in [6, 6.07) is 7.80. The van der Waals surface area contributed by atoms with Crippen molar-refractivity contribution in [1.29, 1.82) is 0 Å². The molecule has 1 N–H and O–H groups in total. The Kier molecular flexibility index (Phi) is 3.95. The largest absolute Gasteiger partial charge is 0.346 e. The minimum Gasteiger partial charge on any atom is -0.346 e. The predicted molar refractivity (Wildman–Crippen MR) is 95.3 cm³/mol. The van der Waals surface area contributed by atoms with Gasteiger partial charge in [-0.25, -0.2) is 9.67 Å². The van der Waals surface area contributed by atoms with Crippen molar-refractivity contribution >= 4 is 16.9 Å². The zero-order valence-electron chi connectivity index (χ0n) is 14.4. The number of amides is 1.